The topological polar surface area (TPSA) is 68.1 Å². The predicted molar refractivity (Wildman–Crippen MR) is 72.3 cm³/mol. The van der Waals surface area contributed by atoms with Crippen molar-refractivity contribution in [1.82, 2.24) is 15.0 Å². The molecule has 0 amide bonds. The molecule has 0 bridgehead atoms. The average Bonchev–Trinajstić information content (AvgIpc) is 2.93. The first-order valence-electron chi connectivity index (χ1n) is 5.65. The standard InChI is InChI=1S/C13H11N3O2S/c1-18-13-11(14-3-4-15-13)12(17)8-6-10-9(16-7-8)2-5-19-10/h2-7,12,17H,1H3. The molecule has 1 N–H and O–H groups in total. The van der Waals surface area contributed by atoms with Crippen molar-refractivity contribution in [3.63, 3.8) is 0 Å². The maximum Gasteiger partial charge on any atom is 0.238 e. The molecule has 0 saturated heterocycles. The monoisotopic (exact) mass is 273 g/mol. The Morgan fingerprint density at radius 1 is 1.26 bits per heavy atom. The molecule has 19 heavy (non-hydrogen) atoms. The van der Waals surface area contributed by atoms with Crippen LogP contribution >= 0.6 is 11.3 Å². The van der Waals surface area contributed by atoms with E-state index >= 15 is 0 Å². The van der Waals surface area contributed by atoms with Crippen molar-refractivity contribution in [2.75, 3.05) is 7.11 Å². The number of hydrogen-bond donors (Lipinski definition) is 1. The fourth-order valence-electron chi connectivity index (χ4n) is 1.85. The highest BCUT2D eigenvalue weighted by Gasteiger charge is 2.18. The van der Waals surface area contributed by atoms with E-state index < -0.39 is 6.10 Å². The first kappa shape index (κ1) is 12.0. The van der Waals surface area contributed by atoms with Gasteiger partial charge in [0.15, 0.2) is 0 Å². The van der Waals surface area contributed by atoms with E-state index in [2.05, 4.69) is 15.0 Å². The third-order valence-corrected chi connectivity index (χ3v) is 3.64. The highest BCUT2D eigenvalue weighted by molar-refractivity contribution is 7.17. The average molecular weight is 273 g/mol. The van der Waals surface area contributed by atoms with E-state index in [1.54, 1.807) is 17.5 Å². The van der Waals surface area contributed by atoms with Gasteiger partial charge in [-0.3, -0.25) is 9.97 Å². The van der Waals surface area contributed by atoms with Gasteiger partial charge in [0, 0.05) is 24.2 Å². The first-order valence-corrected chi connectivity index (χ1v) is 6.53. The molecule has 3 aromatic heterocycles. The Kier molecular flexibility index (Phi) is 3.10. The van der Waals surface area contributed by atoms with Crippen LogP contribution in [0.3, 0.4) is 0 Å². The SMILES string of the molecule is COc1nccnc1C(O)c1cnc2ccsc2c1. The Morgan fingerprint density at radius 3 is 2.95 bits per heavy atom. The molecule has 3 rings (SSSR count). The van der Waals surface area contributed by atoms with Crippen LogP contribution in [-0.2, 0) is 0 Å². The molecule has 5 nitrogen and oxygen atoms in total. The Hall–Kier alpha value is -2.05. The molecule has 0 aliphatic heterocycles. The van der Waals surface area contributed by atoms with Crippen LogP contribution < -0.4 is 4.74 Å². The van der Waals surface area contributed by atoms with Crippen molar-refractivity contribution in [2.24, 2.45) is 0 Å². The van der Waals surface area contributed by atoms with Crippen molar-refractivity contribution < 1.29 is 9.84 Å². The molecule has 6 heteroatoms. The molecule has 3 heterocycles. The summed E-state index contributed by atoms with van der Waals surface area (Å²) >= 11 is 1.58. The van der Waals surface area contributed by atoms with Crippen LogP contribution in [0.1, 0.15) is 17.4 Å². The molecule has 0 aromatic carbocycles. The van der Waals surface area contributed by atoms with Crippen molar-refractivity contribution in [2.45, 2.75) is 6.10 Å². The van der Waals surface area contributed by atoms with E-state index in [1.165, 1.54) is 19.5 Å². The van der Waals surface area contributed by atoms with Gasteiger partial charge in [0.25, 0.3) is 0 Å². The number of aliphatic hydroxyl groups is 1. The lowest BCUT2D eigenvalue weighted by Crippen LogP contribution is -2.06. The minimum absolute atomic E-state index is 0.321. The van der Waals surface area contributed by atoms with Gasteiger partial charge < -0.3 is 9.84 Å². The molecule has 0 spiro atoms. The predicted octanol–water partition coefficient (Wildman–Crippen LogP) is 2.18. The molecule has 96 valence electrons. The zero-order chi connectivity index (χ0) is 13.2. The van der Waals surface area contributed by atoms with Gasteiger partial charge in [-0.1, -0.05) is 0 Å². The maximum atomic E-state index is 10.4. The van der Waals surface area contributed by atoms with E-state index in [1.807, 2.05) is 17.5 Å². The van der Waals surface area contributed by atoms with Gasteiger partial charge in [-0.2, -0.15) is 0 Å². The van der Waals surface area contributed by atoms with E-state index in [0.717, 1.165) is 10.2 Å². The number of methoxy groups -OCH3 is 1. The molecular formula is C13H11N3O2S. The maximum absolute atomic E-state index is 10.4. The van der Waals surface area contributed by atoms with Gasteiger partial charge in [0.1, 0.15) is 11.8 Å². The number of hydrogen-bond acceptors (Lipinski definition) is 6. The molecule has 1 unspecified atom stereocenters. The molecule has 1 atom stereocenters. The smallest absolute Gasteiger partial charge is 0.238 e. The van der Waals surface area contributed by atoms with Crippen LogP contribution in [-0.4, -0.2) is 27.2 Å². The lowest BCUT2D eigenvalue weighted by atomic mass is 10.1. The molecule has 0 saturated carbocycles. The quantitative estimate of drug-likeness (QED) is 0.792. The summed E-state index contributed by atoms with van der Waals surface area (Å²) in [6.07, 6.45) is 3.80. The summed E-state index contributed by atoms with van der Waals surface area (Å²) < 4.78 is 6.14. The van der Waals surface area contributed by atoms with Crippen LogP contribution in [0.4, 0.5) is 0 Å². The minimum Gasteiger partial charge on any atom is -0.480 e. The fourth-order valence-corrected chi connectivity index (χ4v) is 2.64. The fraction of sp³-hybridized carbons (Fsp3) is 0.154. The van der Waals surface area contributed by atoms with Crippen LogP contribution in [0.25, 0.3) is 10.2 Å². The Morgan fingerprint density at radius 2 is 2.11 bits per heavy atom. The van der Waals surface area contributed by atoms with Crippen molar-refractivity contribution in [1.29, 1.82) is 0 Å². The summed E-state index contributed by atoms with van der Waals surface area (Å²) in [4.78, 5) is 12.5. The normalized spacial score (nSPS) is 12.5. The second-order valence-electron chi connectivity index (χ2n) is 3.93. The second-order valence-corrected chi connectivity index (χ2v) is 4.87. The zero-order valence-corrected chi connectivity index (χ0v) is 11.0. The second kappa shape index (κ2) is 4.91. The number of nitrogens with zero attached hydrogens (tertiary/aromatic N) is 3. The van der Waals surface area contributed by atoms with E-state index in [9.17, 15) is 5.11 Å². The van der Waals surface area contributed by atoms with E-state index in [-0.39, 0.29) is 0 Å². The molecule has 0 fully saturated rings. The van der Waals surface area contributed by atoms with Crippen molar-refractivity contribution >= 4 is 21.6 Å². The Balaban J connectivity index is 2.04. The van der Waals surface area contributed by atoms with Crippen LogP contribution in [0.5, 0.6) is 5.88 Å². The van der Waals surface area contributed by atoms with Gasteiger partial charge in [-0.15, -0.1) is 11.3 Å². The van der Waals surface area contributed by atoms with Crippen LogP contribution in [0.2, 0.25) is 0 Å². The molecule has 0 aliphatic carbocycles. The lowest BCUT2D eigenvalue weighted by Gasteiger charge is -2.12. The van der Waals surface area contributed by atoms with E-state index in [0.29, 0.717) is 17.1 Å². The number of fused-ring (bicyclic) bond motifs is 1. The highest BCUT2D eigenvalue weighted by Crippen LogP contribution is 2.28. The molecule has 0 radical (unpaired) electrons. The summed E-state index contributed by atoms with van der Waals surface area (Å²) in [6, 6.07) is 3.85. The summed E-state index contributed by atoms with van der Waals surface area (Å²) in [5.74, 6) is 0.321. The summed E-state index contributed by atoms with van der Waals surface area (Å²) in [6.45, 7) is 0. The van der Waals surface area contributed by atoms with Crippen molar-refractivity contribution in [3.05, 3.63) is 47.4 Å². The van der Waals surface area contributed by atoms with Crippen molar-refractivity contribution in [3.8, 4) is 5.88 Å². The van der Waals surface area contributed by atoms with Gasteiger partial charge in [0.2, 0.25) is 5.88 Å². The third kappa shape index (κ3) is 2.16. The number of aromatic nitrogens is 3. The molecular weight excluding hydrogens is 262 g/mol. The number of pyridine rings is 1. The van der Waals surface area contributed by atoms with E-state index in [4.69, 9.17) is 4.74 Å². The first-order chi connectivity index (χ1) is 9.29. The largest absolute Gasteiger partial charge is 0.480 e. The van der Waals surface area contributed by atoms with Gasteiger partial charge in [-0.05, 0) is 17.5 Å². The van der Waals surface area contributed by atoms with Gasteiger partial charge in [-0.25, -0.2) is 4.98 Å². The number of thiophene rings is 1. The zero-order valence-electron chi connectivity index (χ0n) is 10.1. The Bertz CT molecular complexity index is 714. The number of rotatable bonds is 3. The van der Waals surface area contributed by atoms with Crippen LogP contribution in [0, 0.1) is 0 Å². The molecule has 0 aliphatic rings. The van der Waals surface area contributed by atoms with Crippen LogP contribution in [0.15, 0.2) is 36.1 Å². The number of aliphatic hydroxyl groups excluding tert-OH is 1. The van der Waals surface area contributed by atoms with Gasteiger partial charge in [0.05, 0.1) is 17.3 Å². The molecule has 3 aromatic rings. The summed E-state index contributed by atoms with van der Waals surface area (Å²) in [7, 11) is 1.50. The number of ether oxygens (including phenoxy) is 1. The lowest BCUT2D eigenvalue weighted by molar-refractivity contribution is 0.207. The Labute approximate surface area is 113 Å². The third-order valence-electron chi connectivity index (χ3n) is 2.78. The summed E-state index contributed by atoms with van der Waals surface area (Å²) in [5, 5.41) is 12.4. The minimum atomic E-state index is -0.900. The highest BCUT2D eigenvalue weighted by atomic mass is 32.1. The van der Waals surface area contributed by atoms with Gasteiger partial charge >= 0.3 is 0 Å². The summed E-state index contributed by atoms with van der Waals surface area (Å²) in [5.41, 5.74) is 1.99.